The predicted molar refractivity (Wildman–Crippen MR) is 106 cm³/mol. The number of aromatic nitrogens is 3. The zero-order chi connectivity index (χ0) is 19.8. The van der Waals surface area contributed by atoms with Crippen molar-refractivity contribution < 1.29 is 8.78 Å². The lowest BCUT2D eigenvalue weighted by molar-refractivity contribution is 0.153. The Balaban J connectivity index is 1.63. The van der Waals surface area contributed by atoms with Gasteiger partial charge in [0.15, 0.2) is 0 Å². The number of rotatable bonds is 3. The first kappa shape index (κ1) is 18.5. The van der Waals surface area contributed by atoms with Gasteiger partial charge in [-0.05, 0) is 37.7 Å². The molecule has 4 rings (SSSR count). The highest BCUT2D eigenvalue weighted by atomic mass is 19.1. The van der Waals surface area contributed by atoms with Gasteiger partial charge in [-0.15, -0.1) is 0 Å². The van der Waals surface area contributed by atoms with Crippen molar-refractivity contribution in [2.45, 2.75) is 25.6 Å². The summed E-state index contributed by atoms with van der Waals surface area (Å²) in [7, 11) is 1.90. The summed E-state index contributed by atoms with van der Waals surface area (Å²) in [5.74, 6) is -0.0207. The Morgan fingerprint density at radius 1 is 1.21 bits per heavy atom. The van der Waals surface area contributed by atoms with E-state index in [4.69, 9.17) is 5.73 Å². The van der Waals surface area contributed by atoms with Crippen LogP contribution in [0.4, 0.5) is 20.4 Å². The van der Waals surface area contributed by atoms with Crippen LogP contribution in [0.15, 0.2) is 30.5 Å². The lowest BCUT2D eigenvalue weighted by Crippen LogP contribution is -2.45. The van der Waals surface area contributed by atoms with Gasteiger partial charge in [-0.1, -0.05) is 6.07 Å². The first-order valence-electron chi connectivity index (χ1n) is 9.18. The van der Waals surface area contributed by atoms with Crippen molar-refractivity contribution in [1.82, 2.24) is 19.9 Å². The fraction of sp³-hybridized carbons (Fsp3) is 0.350. The monoisotopic (exact) mass is 384 g/mol. The number of nitrogens with two attached hydrogens (primary N) is 1. The number of halogens is 2. The molecule has 1 aliphatic rings. The molecule has 2 atom stereocenters. The highest BCUT2D eigenvalue weighted by Crippen LogP contribution is 2.26. The highest BCUT2D eigenvalue weighted by molar-refractivity contribution is 5.81. The van der Waals surface area contributed by atoms with Crippen LogP contribution in [0.1, 0.15) is 12.0 Å². The molecule has 2 aromatic heterocycles. The normalized spacial score (nSPS) is 20.4. The smallest absolute Gasteiger partial charge is 0.223 e. The van der Waals surface area contributed by atoms with Crippen molar-refractivity contribution in [3.8, 4) is 11.3 Å². The van der Waals surface area contributed by atoms with Crippen LogP contribution in [0.25, 0.3) is 22.3 Å². The number of anilines is 2. The SMILES string of the molecule is Cc1cc(-c2ccc(N)c(F)c2)nc2cnc(N[C@H]3C[C@H](F)CN(C)C3)nc12. The van der Waals surface area contributed by atoms with Crippen molar-refractivity contribution in [2.24, 2.45) is 0 Å². The number of alkyl halides is 1. The fourth-order valence-corrected chi connectivity index (χ4v) is 3.62. The minimum Gasteiger partial charge on any atom is -0.396 e. The van der Waals surface area contributed by atoms with Crippen LogP contribution < -0.4 is 11.1 Å². The second kappa shape index (κ2) is 7.27. The van der Waals surface area contributed by atoms with Gasteiger partial charge in [0.1, 0.15) is 17.5 Å². The van der Waals surface area contributed by atoms with E-state index < -0.39 is 12.0 Å². The van der Waals surface area contributed by atoms with E-state index in [0.29, 0.717) is 41.2 Å². The van der Waals surface area contributed by atoms with E-state index in [1.165, 1.54) is 12.1 Å². The van der Waals surface area contributed by atoms with Crippen LogP contribution in [0.5, 0.6) is 0 Å². The highest BCUT2D eigenvalue weighted by Gasteiger charge is 2.25. The summed E-state index contributed by atoms with van der Waals surface area (Å²) < 4.78 is 27.6. The van der Waals surface area contributed by atoms with Crippen molar-refractivity contribution in [1.29, 1.82) is 0 Å². The van der Waals surface area contributed by atoms with Crippen LogP contribution in [0.3, 0.4) is 0 Å². The molecule has 3 heterocycles. The van der Waals surface area contributed by atoms with Crippen LogP contribution in [0.2, 0.25) is 0 Å². The van der Waals surface area contributed by atoms with Gasteiger partial charge in [-0.2, -0.15) is 0 Å². The number of nitrogens with one attached hydrogen (secondary N) is 1. The minimum absolute atomic E-state index is 0.0449. The Bertz CT molecular complexity index is 1010. The van der Waals surface area contributed by atoms with Gasteiger partial charge in [0, 0.05) is 31.1 Å². The Kier molecular flexibility index (Phi) is 4.80. The van der Waals surface area contributed by atoms with Gasteiger partial charge < -0.3 is 16.0 Å². The summed E-state index contributed by atoms with van der Waals surface area (Å²) >= 11 is 0. The third kappa shape index (κ3) is 3.73. The number of fused-ring (bicyclic) bond motifs is 1. The average molecular weight is 384 g/mol. The molecule has 0 spiro atoms. The number of likely N-dealkylation sites (tertiary alicyclic amines) is 1. The standard InChI is InChI=1S/C20H22F2N6/c1-11-5-17(12-3-4-16(23)15(22)6-12)26-18-8-24-20(27-19(11)18)25-14-7-13(21)9-28(2)10-14/h3-6,8,13-14H,7,9-10,23H2,1-2H3,(H,24,25,27)/t13-,14-/m0/s1. The Morgan fingerprint density at radius 2 is 2.04 bits per heavy atom. The summed E-state index contributed by atoms with van der Waals surface area (Å²) in [6, 6.07) is 6.43. The predicted octanol–water partition coefficient (Wildman–Crippen LogP) is 3.18. The molecular formula is C20H22F2N6. The zero-order valence-corrected chi connectivity index (χ0v) is 15.8. The number of aryl methyl sites for hydroxylation is 1. The zero-order valence-electron chi connectivity index (χ0n) is 15.8. The number of likely N-dealkylation sites (N-methyl/N-ethyl adjacent to an activating group) is 1. The summed E-state index contributed by atoms with van der Waals surface area (Å²) in [6.07, 6.45) is 1.21. The van der Waals surface area contributed by atoms with E-state index in [-0.39, 0.29) is 11.7 Å². The molecule has 6 nitrogen and oxygen atoms in total. The molecular weight excluding hydrogens is 362 g/mol. The third-order valence-electron chi connectivity index (χ3n) is 4.95. The molecule has 0 bridgehead atoms. The summed E-state index contributed by atoms with van der Waals surface area (Å²) in [6.45, 7) is 3.11. The van der Waals surface area contributed by atoms with E-state index in [1.807, 2.05) is 24.9 Å². The van der Waals surface area contributed by atoms with Gasteiger partial charge in [0.25, 0.3) is 0 Å². The maximum atomic E-state index is 13.8. The number of nitrogen functional groups attached to an aromatic ring is 1. The second-order valence-electron chi connectivity index (χ2n) is 7.38. The number of pyridine rings is 1. The molecule has 0 amide bonds. The van der Waals surface area contributed by atoms with Crippen LogP contribution in [-0.4, -0.2) is 52.2 Å². The average Bonchev–Trinajstić information content (AvgIpc) is 2.63. The lowest BCUT2D eigenvalue weighted by Gasteiger charge is -2.32. The molecule has 0 aliphatic carbocycles. The molecule has 0 saturated carbocycles. The molecule has 8 heteroatoms. The van der Waals surface area contributed by atoms with Gasteiger partial charge in [0.2, 0.25) is 5.95 Å². The minimum atomic E-state index is -0.858. The van der Waals surface area contributed by atoms with Gasteiger partial charge in [-0.3, -0.25) is 0 Å². The van der Waals surface area contributed by atoms with Crippen LogP contribution >= 0.6 is 0 Å². The second-order valence-corrected chi connectivity index (χ2v) is 7.38. The number of benzene rings is 1. The fourth-order valence-electron chi connectivity index (χ4n) is 3.62. The Morgan fingerprint density at radius 3 is 2.79 bits per heavy atom. The van der Waals surface area contributed by atoms with Crippen LogP contribution in [0, 0.1) is 12.7 Å². The quantitative estimate of drug-likeness (QED) is 0.675. The molecule has 0 radical (unpaired) electrons. The molecule has 3 aromatic rings. The van der Waals surface area contributed by atoms with Crippen molar-refractivity contribution in [3.05, 3.63) is 41.8 Å². The maximum Gasteiger partial charge on any atom is 0.223 e. The Hall–Kier alpha value is -2.87. The van der Waals surface area contributed by atoms with Crippen molar-refractivity contribution in [2.75, 3.05) is 31.2 Å². The lowest BCUT2D eigenvalue weighted by atomic mass is 10.1. The first-order chi connectivity index (χ1) is 13.4. The molecule has 146 valence electrons. The maximum absolute atomic E-state index is 13.8. The molecule has 1 aliphatic heterocycles. The van der Waals surface area contributed by atoms with E-state index in [9.17, 15) is 8.78 Å². The van der Waals surface area contributed by atoms with Crippen molar-refractivity contribution >= 4 is 22.7 Å². The summed E-state index contributed by atoms with van der Waals surface area (Å²) in [5.41, 5.74) is 9.13. The molecule has 0 unspecified atom stereocenters. The number of nitrogens with zero attached hydrogens (tertiary/aromatic N) is 4. The Labute approximate surface area is 161 Å². The largest absolute Gasteiger partial charge is 0.396 e. The number of hydrogen-bond acceptors (Lipinski definition) is 6. The summed E-state index contributed by atoms with van der Waals surface area (Å²) in [4.78, 5) is 15.4. The molecule has 1 aromatic carbocycles. The molecule has 1 saturated heterocycles. The molecule has 1 fully saturated rings. The summed E-state index contributed by atoms with van der Waals surface area (Å²) in [5, 5.41) is 3.23. The topological polar surface area (TPSA) is 80.0 Å². The van der Waals surface area contributed by atoms with E-state index in [2.05, 4.69) is 20.3 Å². The van der Waals surface area contributed by atoms with Gasteiger partial charge in [0.05, 0.1) is 23.1 Å². The van der Waals surface area contributed by atoms with E-state index >= 15 is 0 Å². The van der Waals surface area contributed by atoms with Crippen molar-refractivity contribution in [3.63, 3.8) is 0 Å². The van der Waals surface area contributed by atoms with Crippen LogP contribution in [-0.2, 0) is 0 Å². The van der Waals surface area contributed by atoms with E-state index in [1.54, 1.807) is 12.3 Å². The number of hydrogen-bond donors (Lipinski definition) is 2. The van der Waals surface area contributed by atoms with Gasteiger partial charge >= 0.3 is 0 Å². The van der Waals surface area contributed by atoms with E-state index in [0.717, 1.165) is 12.1 Å². The van der Waals surface area contributed by atoms with Gasteiger partial charge in [-0.25, -0.2) is 23.7 Å². The number of piperidine rings is 1. The molecule has 3 N–H and O–H groups in total. The molecule has 28 heavy (non-hydrogen) atoms. The first-order valence-corrected chi connectivity index (χ1v) is 9.18. The third-order valence-corrected chi connectivity index (χ3v) is 4.95.